The van der Waals surface area contributed by atoms with Crippen LogP contribution in [-0.2, 0) is 17.2 Å². The van der Waals surface area contributed by atoms with E-state index in [-0.39, 0.29) is 0 Å². The van der Waals surface area contributed by atoms with Crippen molar-refractivity contribution in [1.29, 1.82) is 0 Å². The van der Waals surface area contributed by atoms with E-state index in [1.54, 1.807) is 11.3 Å². The fraction of sp³-hybridized carbons (Fsp3) is 0.571. The molecule has 2 aromatic rings. The Morgan fingerprint density at radius 2 is 2.15 bits per heavy atom. The molecular formula is C14H19N3OS2. The van der Waals surface area contributed by atoms with Gasteiger partial charge in [0.05, 0.1) is 5.39 Å². The van der Waals surface area contributed by atoms with Gasteiger partial charge in [0.25, 0.3) is 0 Å². The summed E-state index contributed by atoms with van der Waals surface area (Å²) < 4.78 is 11.5. The monoisotopic (exact) mass is 309 g/mol. The number of hydrogen-bond donors (Lipinski definition) is 0. The third-order valence-electron chi connectivity index (χ3n) is 3.91. The second kappa shape index (κ2) is 5.77. The Bertz CT molecular complexity index is 630. The van der Waals surface area contributed by atoms with Gasteiger partial charge in [-0.1, -0.05) is 6.92 Å². The lowest BCUT2D eigenvalue weighted by atomic mass is 10.1. The highest BCUT2D eigenvalue weighted by atomic mass is 32.2. The standard InChI is InChI=1S/C14H19N3OS2/c1-3-12-15-13(11-4-7-19-14(11)16-12)17(2)10-5-8-20(18)9-6-10/h4,7,10H,3,5-6,8-9H2,1-2H3. The molecule has 1 fully saturated rings. The van der Waals surface area contributed by atoms with Crippen LogP contribution in [0.25, 0.3) is 10.2 Å². The second-order valence-corrected chi connectivity index (χ2v) is 7.74. The van der Waals surface area contributed by atoms with E-state index in [1.807, 2.05) is 0 Å². The highest BCUT2D eigenvalue weighted by Crippen LogP contribution is 2.30. The summed E-state index contributed by atoms with van der Waals surface area (Å²) in [7, 11) is 1.49. The molecule has 0 aliphatic carbocycles. The normalized spacial score (nSPS) is 23.1. The van der Waals surface area contributed by atoms with Gasteiger partial charge in [0, 0.05) is 41.8 Å². The quantitative estimate of drug-likeness (QED) is 0.874. The number of aromatic nitrogens is 2. The summed E-state index contributed by atoms with van der Waals surface area (Å²) in [4.78, 5) is 12.7. The summed E-state index contributed by atoms with van der Waals surface area (Å²) in [5, 5.41) is 3.22. The van der Waals surface area contributed by atoms with Gasteiger partial charge in [-0.25, -0.2) is 9.97 Å². The minimum absolute atomic E-state index is 0.440. The molecule has 3 heterocycles. The number of rotatable bonds is 3. The average Bonchev–Trinajstić information content (AvgIpc) is 2.94. The fourth-order valence-corrected chi connectivity index (χ4v) is 4.70. The van der Waals surface area contributed by atoms with Crippen molar-refractivity contribution < 1.29 is 4.21 Å². The van der Waals surface area contributed by atoms with Gasteiger partial charge in [-0.05, 0) is 24.3 Å². The number of thiophene rings is 1. The lowest BCUT2D eigenvalue weighted by molar-refractivity contribution is 0.566. The van der Waals surface area contributed by atoms with Crippen molar-refractivity contribution in [2.75, 3.05) is 23.5 Å². The van der Waals surface area contributed by atoms with Gasteiger partial charge >= 0.3 is 0 Å². The molecule has 6 heteroatoms. The zero-order valence-electron chi connectivity index (χ0n) is 11.8. The first-order valence-corrected chi connectivity index (χ1v) is 9.37. The predicted octanol–water partition coefficient (Wildman–Crippen LogP) is 2.60. The van der Waals surface area contributed by atoms with E-state index >= 15 is 0 Å². The van der Waals surface area contributed by atoms with Crippen molar-refractivity contribution in [3.8, 4) is 0 Å². The van der Waals surface area contributed by atoms with Gasteiger partial charge in [-0.2, -0.15) is 0 Å². The van der Waals surface area contributed by atoms with E-state index in [4.69, 9.17) is 4.98 Å². The van der Waals surface area contributed by atoms with Gasteiger partial charge in [-0.15, -0.1) is 11.3 Å². The fourth-order valence-electron chi connectivity index (χ4n) is 2.65. The highest BCUT2D eigenvalue weighted by Gasteiger charge is 2.24. The molecule has 108 valence electrons. The number of hydrogen-bond acceptors (Lipinski definition) is 5. The van der Waals surface area contributed by atoms with Gasteiger partial charge in [0.1, 0.15) is 16.5 Å². The molecule has 2 aromatic heterocycles. The Hall–Kier alpha value is -1.01. The first-order chi connectivity index (χ1) is 9.69. The van der Waals surface area contributed by atoms with Crippen LogP contribution in [0.3, 0.4) is 0 Å². The predicted molar refractivity (Wildman–Crippen MR) is 86.1 cm³/mol. The van der Waals surface area contributed by atoms with Gasteiger partial charge < -0.3 is 4.90 Å². The van der Waals surface area contributed by atoms with Crippen LogP contribution in [0.4, 0.5) is 5.82 Å². The van der Waals surface area contributed by atoms with Crippen molar-refractivity contribution in [1.82, 2.24) is 9.97 Å². The van der Waals surface area contributed by atoms with Crippen LogP contribution >= 0.6 is 11.3 Å². The Kier molecular flexibility index (Phi) is 4.03. The third kappa shape index (κ3) is 2.59. The Balaban J connectivity index is 1.95. The topological polar surface area (TPSA) is 46.1 Å². The van der Waals surface area contributed by atoms with Crippen molar-refractivity contribution in [2.24, 2.45) is 0 Å². The van der Waals surface area contributed by atoms with Gasteiger partial charge in [0.15, 0.2) is 0 Å². The van der Waals surface area contributed by atoms with Crippen molar-refractivity contribution >= 4 is 38.2 Å². The molecule has 0 aromatic carbocycles. The van der Waals surface area contributed by atoms with E-state index in [0.29, 0.717) is 6.04 Å². The molecule has 1 aliphatic rings. The second-order valence-electron chi connectivity index (χ2n) is 5.15. The number of nitrogens with zero attached hydrogens (tertiary/aromatic N) is 3. The Morgan fingerprint density at radius 3 is 2.85 bits per heavy atom. The maximum atomic E-state index is 11.5. The minimum Gasteiger partial charge on any atom is -0.356 e. The van der Waals surface area contributed by atoms with E-state index < -0.39 is 10.8 Å². The zero-order chi connectivity index (χ0) is 14.1. The summed E-state index contributed by atoms with van der Waals surface area (Å²) in [5.41, 5.74) is 0. The smallest absolute Gasteiger partial charge is 0.141 e. The van der Waals surface area contributed by atoms with Gasteiger partial charge in [0.2, 0.25) is 0 Å². The number of fused-ring (bicyclic) bond motifs is 1. The molecule has 0 spiro atoms. The van der Waals surface area contributed by atoms with E-state index in [0.717, 1.165) is 52.6 Å². The molecule has 1 saturated heterocycles. The average molecular weight is 309 g/mol. The molecule has 20 heavy (non-hydrogen) atoms. The van der Waals surface area contributed by atoms with E-state index in [2.05, 4.69) is 35.3 Å². The molecule has 0 N–H and O–H groups in total. The molecule has 4 nitrogen and oxygen atoms in total. The summed E-state index contributed by atoms with van der Waals surface area (Å²) in [6.07, 6.45) is 2.82. The van der Waals surface area contributed by atoms with Crippen LogP contribution in [0.1, 0.15) is 25.6 Å². The van der Waals surface area contributed by atoms with Crippen molar-refractivity contribution in [2.45, 2.75) is 32.2 Å². The Morgan fingerprint density at radius 1 is 1.40 bits per heavy atom. The molecular weight excluding hydrogens is 290 g/mol. The maximum absolute atomic E-state index is 11.5. The lowest BCUT2D eigenvalue weighted by Gasteiger charge is -2.32. The van der Waals surface area contributed by atoms with E-state index in [9.17, 15) is 4.21 Å². The highest BCUT2D eigenvalue weighted by molar-refractivity contribution is 7.85. The van der Waals surface area contributed by atoms with Crippen LogP contribution in [0.15, 0.2) is 11.4 Å². The lowest BCUT2D eigenvalue weighted by Crippen LogP contribution is -2.38. The van der Waals surface area contributed by atoms with Crippen LogP contribution in [-0.4, -0.2) is 38.8 Å². The largest absolute Gasteiger partial charge is 0.356 e. The van der Waals surface area contributed by atoms with Crippen LogP contribution in [0, 0.1) is 0 Å². The molecule has 0 bridgehead atoms. The van der Waals surface area contributed by atoms with Gasteiger partial charge in [-0.3, -0.25) is 4.21 Å². The molecule has 3 rings (SSSR count). The SMILES string of the molecule is CCc1nc(N(C)C2CCS(=O)CC2)c2ccsc2n1. The molecule has 0 amide bonds. The minimum atomic E-state index is -0.617. The van der Waals surface area contributed by atoms with Crippen LogP contribution < -0.4 is 4.90 Å². The maximum Gasteiger partial charge on any atom is 0.141 e. The Labute approximate surface area is 125 Å². The summed E-state index contributed by atoms with van der Waals surface area (Å²) in [5.74, 6) is 3.56. The van der Waals surface area contributed by atoms with Crippen molar-refractivity contribution in [3.63, 3.8) is 0 Å². The molecule has 0 unspecified atom stereocenters. The first-order valence-electron chi connectivity index (χ1n) is 7.01. The van der Waals surface area contributed by atoms with E-state index in [1.165, 1.54) is 0 Å². The van der Waals surface area contributed by atoms with Crippen LogP contribution in [0.5, 0.6) is 0 Å². The summed E-state index contributed by atoms with van der Waals surface area (Å²) in [6, 6.07) is 2.54. The molecule has 0 atom stereocenters. The summed E-state index contributed by atoms with van der Waals surface area (Å²) in [6.45, 7) is 2.09. The summed E-state index contributed by atoms with van der Waals surface area (Å²) >= 11 is 1.67. The molecule has 0 radical (unpaired) electrons. The molecule has 1 aliphatic heterocycles. The van der Waals surface area contributed by atoms with Crippen LogP contribution in [0.2, 0.25) is 0 Å². The third-order valence-corrected chi connectivity index (χ3v) is 6.10. The zero-order valence-corrected chi connectivity index (χ0v) is 13.5. The first kappa shape index (κ1) is 13.9. The molecule has 0 saturated carbocycles. The number of aryl methyl sites for hydroxylation is 1. The number of anilines is 1. The van der Waals surface area contributed by atoms with Crippen molar-refractivity contribution in [3.05, 3.63) is 17.3 Å².